The van der Waals surface area contributed by atoms with Crippen LogP contribution in [0, 0.1) is 5.92 Å². The molecular formula is C12H17N3O3. The lowest BCUT2D eigenvalue weighted by Gasteiger charge is -2.30. The largest absolute Gasteiger partial charge is 0.478 e. The highest BCUT2D eigenvalue weighted by Gasteiger charge is 2.28. The van der Waals surface area contributed by atoms with Crippen molar-refractivity contribution in [1.29, 1.82) is 0 Å². The molecule has 2 heterocycles. The molecule has 0 radical (unpaired) electrons. The van der Waals surface area contributed by atoms with Crippen molar-refractivity contribution in [2.24, 2.45) is 13.0 Å². The zero-order chi connectivity index (χ0) is 13.3. The van der Waals surface area contributed by atoms with Gasteiger partial charge in [0.25, 0.3) is 5.91 Å². The van der Waals surface area contributed by atoms with Gasteiger partial charge in [-0.15, -0.1) is 0 Å². The average Bonchev–Trinajstić information content (AvgIpc) is 2.70. The van der Waals surface area contributed by atoms with E-state index >= 15 is 0 Å². The Kier molecular flexibility index (Phi) is 3.36. The zero-order valence-electron chi connectivity index (χ0n) is 10.6. The van der Waals surface area contributed by atoms with Gasteiger partial charge in [0.05, 0.1) is 0 Å². The number of carboxylic acid groups (broad SMARTS) is 1. The summed E-state index contributed by atoms with van der Waals surface area (Å²) in [6.07, 6.45) is 3.43. The number of piperidine rings is 1. The van der Waals surface area contributed by atoms with Crippen molar-refractivity contribution in [1.82, 2.24) is 14.7 Å². The molecule has 0 aliphatic carbocycles. The minimum atomic E-state index is -1.11. The van der Waals surface area contributed by atoms with Crippen molar-refractivity contribution in [2.75, 3.05) is 13.1 Å². The molecule has 0 bridgehead atoms. The number of carboxylic acids is 1. The maximum Gasteiger partial charge on any atom is 0.339 e. The molecule has 0 spiro atoms. The fourth-order valence-corrected chi connectivity index (χ4v) is 2.33. The van der Waals surface area contributed by atoms with Crippen molar-refractivity contribution < 1.29 is 14.7 Å². The van der Waals surface area contributed by atoms with E-state index in [-0.39, 0.29) is 17.2 Å². The maximum atomic E-state index is 12.3. The highest BCUT2D eigenvalue weighted by atomic mass is 16.4. The summed E-state index contributed by atoms with van der Waals surface area (Å²) >= 11 is 0. The smallest absolute Gasteiger partial charge is 0.339 e. The van der Waals surface area contributed by atoms with Crippen LogP contribution in [0.1, 0.15) is 40.6 Å². The van der Waals surface area contributed by atoms with Gasteiger partial charge in [0.1, 0.15) is 5.56 Å². The van der Waals surface area contributed by atoms with E-state index in [0.717, 1.165) is 12.8 Å². The molecule has 2 rings (SSSR count). The fourth-order valence-electron chi connectivity index (χ4n) is 2.33. The van der Waals surface area contributed by atoms with Crippen molar-refractivity contribution in [3.8, 4) is 0 Å². The van der Waals surface area contributed by atoms with Gasteiger partial charge in [0.2, 0.25) is 0 Å². The molecule has 0 aromatic carbocycles. The van der Waals surface area contributed by atoms with Gasteiger partial charge in [-0.05, 0) is 18.8 Å². The Hall–Kier alpha value is -1.85. The third-order valence-electron chi connectivity index (χ3n) is 3.21. The molecule has 98 valence electrons. The maximum absolute atomic E-state index is 12.3. The zero-order valence-corrected chi connectivity index (χ0v) is 10.6. The molecule has 1 aliphatic heterocycles. The van der Waals surface area contributed by atoms with Crippen LogP contribution in [0.5, 0.6) is 0 Å². The number of rotatable bonds is 2. The fraction of sp³-hybridized carbons (Fsp3) is 0.583. The van der Waals surface area contributed by atoms with Crippen LogP contribution < -0.4 is 0 Å². The van der Waals surface area contributed by atoms with Gasteiger partial charge in [0.15, 0.2) is 5.69 Å². The second-order valence-corrected chi connectivity index (χ2v) is 4.87. The van der Waals surface area contributed by atoms with E-state index in [9.17, 15) is 9.59 Å². The summed E-state index contributed by atoms with van der Waals surface area (Å²) in [4.78, 5) is 25.0. The highest BCUT2D eigenvalue weighted by molar-refractivity contribution is 6.03. The molecule has 0 unspecified atom stereocenters. The van der Waals surface area contributed by atoms with Crippen LogP contribution in [0.4, 0.5) is 0 Å². The van der Waals surface area contributed by atoms with Crippen LogP contribution in [0.3, 0.4) is 0 Å². The molecule has 0 saturated carbocycles. The molecule has 6 heteroatoms. The number of hydrogen-bond donors (Lipinski definition) is 1. The van der Waals surface area contributed by atoms with E-state index in [0.29, 0.717) is 19.0 Å². The van der Waals surface area contributed by atoms with Gasteiger partial charge >= 0.3 is 5.97 Å². The van der Waals surface area contributed by atoms with E-state index in [2.05, 4.69) is 12.0 Å². The average molecular weight is 251 g/mol. The van der Waals surface area contributed by atoms with Crippen LogP contribution in [0.2, 0.25) is 0 Å². The van der Waals surface area contributed by atoms with Crippen LogP contribution in [-0.4, -0.2) is 44.8 Å². The summed E-state index contributed by atoms with van der Waals surface area (Å²) in [5.41, 5.74) is 0.0137. The second-order valence-electron chi connectivity index (χ2n) is 4.87. The molecule has 1 saturated heterocycles. The van der Waals surface area contributed by atoms with E-state index in [1.165, 1.54) is 10.9 Å². The molecule has 1 aromatic rings. The van der Waals surface area contributed by atoms with Gasteiger partial charge in [0, 0.05) is 26.3 Å². The Balaban J connectivity index is 2.25. The molecule has 6 nitrogen and oxygen atoms in total. The molecule has 1 atom stereocenters. The number of likely N-dealkylation sites (tertiary alicyclic amines) is 1. The van der Waals surface area contributed by atoms with E-state index in [1.807, 2.05) is 0 Å². The van der Waals surface area contributed by atoms with Crippen LogP contribution in [0.25, 0.3) is 0 Å². The summed E-state index contributed by atoms with van der Waals surface area (Å²) < 4.78 is 1.37. The predicted octanol–water partition coefficient (Wildman–Crippen LogP) is 0.990. The first-order valence-electron chi connectivity index (χ1n) is 6.05. The number of aromatic nitrogens is 2. The molecule has 18 heavy (non-hydrogen) atoms. The first kappa shape index (κ1) is 12.6. The standard InChI is InChI=1S/C12H17N3O3/c1-8-4-3-5-15(6-8)11(16)10-9(12(17)18)7-14(2)13-10/h7-8H,3-6H2,1-2H3,(H,17,18)/t8-/m1/s1. The lowest BCUT2D eigenvalue weighted by atomic mass is 10.00. The molecule has 1 aromatic heterocycles. The van der Waals surface area contributed by atoms with Gasteiger partial charge < -0.3 is 10.0 Å². The van der Waals surface area contributed by atoms with Gasteiger partial charge in [-0.3, -0.25) is 9.48 Å². The van der Waals surface area contributed by atoms with Gasteiger partial charge in [-0.2, -0.15) is 5.10 Å². The second kappa shape index (κ2) is 4.80. The Morgan fingerprint density at radius 3 is 2.83 bits per heavy atom. The molecule has 1 N–H and O–H groups in total. The lowest BCUT2D eigenvalue weighted by molar-refractivity contribution is 0.0644. The third kappa shape index (κ3) is 2.37. The molecule has 1 aliphatic rings. The number of amides is 1. The van der Waals surface area contributed by atoms with Crippen molar-refractivity contribution in [3.63, 3.8) is 0 Å². The molecule has 1 amide bonds. The van der Waals surface area contributed by atoms with Crippen LogP contribution >= 0.6 is 0 Å². The first-order chi connectivity index (χ1) is 8.49. The van der Waals surface area contributed by atoms with Crippen LogP contribution in [0.15, 0.2) is 6.20 Å². The quantitative estimate of drug-likeness (QED) is 0.850. The Bertz CT molecular complexity index is 481. The lowest BCUT2D eigenvalue weighted by Crippen LogP contribution is -2.39. The minimum Gasteiger partial charge on any atom is -0.478 e. The third-order valence-corrected chi connectivity index (χ3v) is 3.21. The van der Waals surface area contributed by atoms with E-state index < -0.39 is 5.97 Å². The first-order valence-corrected chi connectivity index (χ1v) is 6.05. The monoisotopic (exact) mass is 251 g/mol. The topological polar surface area (TPSA) is 75.4 Å². The summed E-state index contributed by atoms with van der Waals surface area (Å²) in [6.45, 7) is 3.45. The number of aromatic carboxylic acids is 1. The Labute approximate surface area is 105 Å². The minimum absolute atomic E-state index is 0.0271. The Morgan fingerprint density at radius 2 is 2.22 bits per heavy atom. The number of nitrogens with zero attached hydrogens (tertiary/aromatic N) is 3. The molecule has 1 fully saturated rings. The van der Waals surface area contributed by atoms with Crippen molar-refractivity contribution in [3.05, 3.63) is 17.5 Å². The summed E-state index contributed by atoms with van der Waals surface area (Å²) in [5.74, 6) is -0.934. The number of aryl methyl sites for hydroxylation is 1. The van der Waals surface area contributed by atoms with Crippen LogP contribution in [-0.2, 0) is 7.05 Å². The highest BCUT2D eigenvalue weighted by Crippen LogP contribution is 2.18. The van der Waals surface area contributed by atoms with Crippen molar-refractivity contribution in [2.45, 2.75) is 19.8 Å². The van der Waals surface area contributed by atoms with Gasteiger partial charge in [-0.1, -0.05) is 6.92 Å². The van der Waals surface area contributed by atoms with Crippen molar-refractivity contribution >= 4 is 11.9 Å². The number of carbonyl (C=O) groups excluding carboxylic acids is 1. The normalized spacial score (nSPS) is 19.9. The summed E-state index contributed by atoms with van der Waals surface area (Å²) in [7, 11) is 1.61. The number of hydrogen-bond acceptors (Lipinski definition) is 3. The summed E-state index contributed by atoms with van der Waals surface area (Å²) in [5, 5.41) is 13.0. The van der Waals surface area contributed by atoms with E-state index in [1.54, 1.807) is 11.9 Å². The van der Waals surface area contributed by atoms with Gasteiger partial charge in [-0.25, -0.2) is 4.79 Å². The Morgan fingerprint density at radius 1 is 1.50 bits per heavy atom. The number of carbonyl (C=O) groups is 2. The summed E-state index contributed by atoms with van der Waals surface area (Å²) in [6, 6.07) is 0. The SMILES string of the molecule is C[C@@H]1CCCN(C(=O)c2nn(C)cc2C(=O)O)C1. The van der Waals surface area contributed by atoms with E-state index in [4.69, 9.17) is 5.11 Å². The molecular weight excluding hydrogens is 234 g/mol. The predicted molar refractivity (Wildman–Crippen MR) is 64.5 cm³/mol.